The van der Waals surface area contributed by atoms with E-state index in [9.17, 15) is 18.0 Å². The molecule has 0 aromatic heterocycles. The minimum Gasteiger partial charge on any atom is -0.349 e. The zero-order valence-electron chi connectivity index (χ0n) is 16.1. The van der Waals surface area contributed by atoms with Crippen LogP contribution in [0.5, 0.6) is 0 Å². The third-order valence-corrected chi connectivity index (χ3v) is 5.53. The first-order valence-electron chi connectivity index (χ1n) is 8.65. The predicted molar refractivity (Wildman–Crippen MR) is 116 cm³/mol. The van der Waals surface area contributed by atoms with Gasteiger partial charge in [0.25, 0.3) is 5.91 Å². The number of nitrogens with zero attached hydrogens (tertiary/aromatic N) is 1. The van der Waals surface area contributed by atoms with Crippen molar-refractivity contribution in [2.75, 3.05) is 29.0 Å². The lowest BCUT2D eigenvalue weighted by molar-refractivity contribution is -0.114. The molecular formula is C20H22ClN3O4S. The monoisotopic (exact) mass is 435 g/mol. The highest BCUT2D eigenvalue weighted by Gasteiger charge is 2.22. The van der Waals surface area contributed by atoms with Gasteiger partial charge in [0.05, 0.1) is 23.2 Å². The second-order valence-electron chi connectivity index (χ2n) is 6.30. The van der Waals surface area contributed by atoms with Crippen molar-refractivity contribution in [3.8, 4) is 0 Å². The Bertz CT molecular complexity index is 1040. The van der Waals surface area contributed by atoms with Gasteiger partial charge in [-0.3, -0.25) is 13.9 Å². The molecule has 0 aliphatic rings. The Kier molecular flexibility index (Phi) is 7.41. The number of carbonyl (C=O) groups excluding carboxylic acids is 2. The van der Waals surface area contributed by atoms with Gasteiger partial charge in [0.15, 0.2) is 0 Å². The molecule has 0 heterocycles. The largest absolute Gasteiger partial charge is 0.349 e. The van der Waals surface area contributed by atoms with E-state index in [1.165, 1.54) is 12.1 Å². The summed E-state index contributed by atoms with van der Waals surface area (Å²) < 4.78 is 25.4. The molecule has 0 bridgehead atoms. The number of hydrogen-bond acceptors (Lipinski definition) is 4. The SMILES string of the molecule is C=CCNC(=O)c1ccccc1NC(=O)CN(c1ccc(C)c(Cl)c1)S(C)(=O)=O. The van der Waals surface area contributed by atoms with Crippen LogP contribution >= 0.6 is 11.6 Å². The Hall–Kier alpha value is -2.84. The molecule has 0 aliphatic heterocycles. The molecule has 0 atom stereocenters. The van der Waals surface area contributed by atoms with Crippen LogP contribution in [0, 0.1) is 6.92 Å². The summed E-state index contributed by atoms with van der Waals surface area (Å²) in [6, 6.07) is 11.2. The van der Waals surface area contributed by atoms with Gasteiger partial charge in [-0.25, -0.2) is 8.42 Å². The van der Waals surface area contributed by atoms with Crippen molar-refractivity contribution < 1.29 is 18.0 Å². The Morgan fingerprint density at radius 2 is 1.90 bits per heavy atom. The number of amides is 2. The maximum atomic E-state index is 12.6. The maximum absolute atomic E-state index is 12.6. The molecule has 0 radical (unpaired) electrons. The molecule has 2 aromatic carbocycles. The summed E-state index contributed by atoms with van der Waals surface area (Å²) in [7, 11) is -3.75. The second-order valence-corrected chi connectivity index (χ2v) is 8.61. The zero-order chi connectivity index (χ0) is 21.6. The standard InChI is InChI=1S/C20H22ClN3O4S/c1-4-11-22-20(26)16-7-5-6-8-18(16)23-19(25)13-24(29(3,27)28)15-10-9-14(2)17(21)12-15/h4-10,12H,1,11,13H2,2-3H3,(H,22,26)(H,23,25). The van der Waals surface area contributed by atoms with E-state index in [-0.39, 0.29) is 29.4 Å². The fourth-order valence-corrected chi connectivity index (χ4v) is 3.53. The first-order valence-corrected chi connectivity index (χ1v) is 10.9. The molecule has 0 saturated heterocycles. The Morgan fingerprint density at radius 3 is 2.52 bits per heavy atom. The van der Waals surface area contributed by atoms with Crippen LogP contribution in [0.1, 0.15) is 15.9 Å². The lowest BCUT2D eigenvalue weighted by Gasteiger charge is -2.22. The summed E-state index contributed by atoms with van der Waals surface area (Å²) >= 11 is 6.10. The molecule has 0 aliphatic carbocycles. The van der Waals surface area contributed by atoms with Gasteiger partial charge >= 0.3 is 0 Å². The zero-order valence-corrected chi connectivity index (χ0v) is 17.7. The summed E-state index contributed by atoms with van der Waals surface area (Å²) in [5.41, 5.74) is 1.59. The highest BCUT2D eigenvalue weighted by molar-refractivity contribution is 7.92. The average Bonchev–Trinajstić information content (AvgIpc) is 2.66. The van der Waals surface area contributed by atoms with E-state index in [1.807, 2.05) is 0 Å². The van der Waals surface area contributed by atoms with Gasteiger partial charge in [-0.2, -0.15) is 0 Å². The minimum atomic E-state index is -3.75. The van der Waals surface area contributed by atoms with Gasteiger partial charge in [0.2, 0.25) is 15.9 Å². The van der Waals surface area contributed by atoms with Gasteiger partial charge in [-0.1, -0.05) is 35.9 Å². The fraction of sp³-hybridized carbons (Fsp3) is 0.200. The number of rotatable bonds is 8. The first-order chi connectivity index (χ1) is 13.6. The maximum Gasteiger partial charge on any atom is 0.253 e. The number of aryl methyl sites for hydroxylation is 1. The van der Waals surface area contributed by atoms with Crippen LogP contribution in [0.2, 0.25) is 5.02 Å². The van der Waals surface area contributed by atoms with Crippen LogP contribution in [-0.4, -0.2) is 39.6 Å². The molecule has 0 saturated carbocycles. The number of para-hydroxylation sites is 1. The summed E-state index contributed by atoms with van der Waals surface area (Å²) in [5, 5.41) is 5.63. The van der Waals surface area contributed by atoms with Crippen LogP contribution in [0.4, 0.5) is 11.4 Å². The van der Waals surface area contributed by atoms with E-state index >= 15 is 0 Å². The lowest BCUT2D eigenvalue weighted by Crippen LogP contribution is -2.37. The molecule has 0 spiro atoms. The molecule has 2 amide bonds. The van der Waals surface area contributed by atoms with Crippen LogP contribution < -0.4 is 14.9 Å². The molecule has 154 valence electrons. The summed E-state index contributed by atoms with van der Waals surface area (Å²) in [4.78, 5) is 24.8. The molecule has 9 heteroatoms. The first kappa shape index (κ1) is 22.4. The third-order valence-electron chi connectivity index (χ3n) is 3.98. The predicted octanol–water partition coefficient (Wildman–Crippen LogP) is 2.97. The van der Waals surface area contributed by atoms with Gasteiger partial charge in [0, 0.05) is 11.6 Å². The van der Waals surface area contributed by atoms with Crippen molar-refractivity contribution >= 4 is 44.8 Å². The topological polar surface area (TPSA) is 95.6 Å². The van der Waals surface area contributed by atoms with E-state index < -0.39 is 22.5 Å². The quantitative estimate of drug-likeness (QED) is 0.623. The molecule has 2 aromatic rings. The second kappa shape index (κ2) is 9.58. The Balaban J connectivity index is 2.25. The lowest BCUT2D eigenvalue weighted by atomic mass is 10.1. The molecule has 2 rings (SSSR count). The summed E-state index contributed by atoms with van der Waals surface area (Å²) in [6.07, 6.45) is 2.54. The average molecular weight is 436 g/mol. The van der Waals surface area contributed by atoms with Crippen LogP contribution in [0.25, 0.3) is 0 Å². The Labute approximate surface area is 175 Å². The normalized spacial score (nSPS) is 10.9. The number of anilines is 2. The summed E-state index contributed by atoms with van der Waals surface area (Å²) in [6.45, 7) is 5.13. The van der Waals surface area contributed by atoms with E-state index in [0.717, 1.165) is 16.1 Å². The van der Waals surface area contributed by atoms with Gasteiger partial charge in [0.1, 0.15) is 6.54 Å². The van der Waals surface area contributed by atoms with E-state index in [0.29, 0.717) is 5.02 Å². The number of halogens is 1. The van der Waals surface area contributed by atoms with E-state index in [1.54, 1.807) is 43.3 Å². The molecule has 2 N–H and O–H groups in total. The minimum absolute atomic E-state index is 0.256. The van der Waals surface area contributed by atoms with Crippen LogP contribution in [0.15, 0.2) is 55.1 Å². The number of sulfonamides is 1. The molecular weight excluding hydrogens is 414 g/mol. The molecule has 7 nitrogen and oxygen atoms in total. The van der Waals surface area contributed by atoms with E-state index in [4.69, 9.17) is 11.6 Å². The van der Waals surface area contributed by atoms with Crippen molar-refractivity contribution in [1.82, 2.24) is 5.32 Å². The third kappa shape index (κ3) is 6.07. The van der Waals surface area contributed by atoms with Crippen molar-refractivity contribution in [3.63, 3.8) is 0 Å². The number of benzene rings is 2. The smallest absolute Gasteiger partial charge is 0.253 e. The number of nitrogens with one attached hydrogen (secondary N) is 2. The number of hydrogen-bond donors (Lipinski definition) is 2. The molecule has 0 fully saturated rings. The fourth-order valence-electron chi connectivity index (χ4n) is 2.51. The number of carbonyl (C=O) groups is 2. The van der Waals surface area contributed by atoms with Gasteiger partial charge < -0.3 is 10.6 Å². The highest BCUT2D eigenvalue weighted by atomic mass is 35.5. The molecule has 29 heavy (non-hydrogen) atoms. The Morgan fingerprint density at radius 1 is 1.21 bits per heavy atom. The van der Waals surface area contributed by atoms with Crippen molar-refractivity contribution in [1.29, 1.82) is 0 Å². The van der Waals surface area contributed by atoms with Gasteiger partial charge in [-0.15, -0.1) is 6.58 Å². The highest BCUT2D eigenvalue weighted by Crippen LogP contribution is 2.25. The van der Waals surface area contributed by atoms with Gasteiger partial charge in [-0.05, 0) is 36.8 Å². The van der Waals surface area contributed by atoms with Crippen LogP contribution in [-0.2, 0) is 14.8 Å². The van der Waals surface area contributed by atoms with Crippen LogP contribution in [0.3, 0.4) is 0 Å². The van der Waals surface area contributed by atoms with Crippen molar-refractivity contribution in [3.05, 3.63) is 71.3 Å². The van der Waals surface area contributed by atoms with E-state index in [2.05, 4.69) is 17.2 Å². The van der Waals surface area contributed by atoms with Crippen molar-refractivity contribution in [2.45, 2.75) is 6.92 Å². The molecule has 0 unspecified atom stereocenters. The van der Waals surface area contributed by atoms with Crippen molar-refractivity contribution in [2.24, 2.45) is 0 Å². The summed E-state index contributed by atoms with van der Waals surface area (Å²) in [5.74, 6) is -0.984.